The second-order valence-electron chi connectivity index (χ2n) is 5.84. The third-order valence-electron chi connectivity index (χ3n) is 4.44. The van der Waals surface area contributed by atoms with E-state index in [1.807, 2.05) is 4.90 Å². The first-order chi connectivity index (χ1) is 10.1. The molecule has 2 rings (SSSR count). The fourth-order valence-electron chi connectivity index (χ4n) is 3.19. The Labute approximate surface area is 125 Å². The lowest BCUT2D eigenvalue weighted by molar-refractivity contribution is -0.140. The standard InChI is InChI=1S/C15H24N2O4/c1-21-14(19)8-9-16-15(20)11-6-7-13(18)17(10-11)12-4-2-3-5-12/h11-12H,2-10H2,1H3,(H,16,20)/t11-/m1/s1. The van der Waals surface area contributed by atoms with Crippen molar-refractivity contribution in [3.8, 4) is 0 Å². The Morgan fingerprint density at radius 3 is 2.67 bits per heavy atom. The minimum atomic E-state index is -0.332. The first-order valence-electron chi connectivity index (χ1n) is 7.76. The minimum Gasteiger partial charge on any atom is -0.469 e. The van der Waals surface area contributed by atoms with Crippen LogP contribution in [0.3, 0.4) is 0 Å². The van der Waals surface area contributed by atoms with Crippen molar-refractivity contribution >= 4 is 17.8 Å². The summed E-state index contributed by atoms with van der Waals surface area (Å²) in [5, 5.41) is 2.77. The van der Waals surface area contributed by atoms with E-state index in [9.17, 15) is 14.4 Å². The molecule has 1 heterocycles. The zero-order valence-electron chi connectivity index (χ0n) is 12.6. The highest BCUT2D eigenvalue weighted by Crippen LogP contribution is 2.28. The smallest absolute Gasteiger partial charge is 0.307 e. The fourth-order valence-corrected chi connectivity index (χ4v) is 3.19. The summed E-state index contributed by atoms with van der Waals surface area (Å²) in [6.45, 7) is 0.812. The normalized spacial score (nSPS) is 23.2. The number of nitrogens with one attached hydrogen (secondary N) is 1. The molecule has 21 heavy (non-hydrogen) atoms. The summed E-state index contributed by atoms with van der Waals surface area (Å²) < 4.78 is 4.53. The topological polar surface area (TPSA) is 75.7 Å². The van der Waals surface area contributed by atoms with Crippen molar-refractivity contribution in [2.45, 2.75) is 51.0 Å². The SMILES string of the molecule is COC(=O)CCNC(=O)[C@@H]1CCC(=O)N(C2CCCC2)C1. The third kappa shape index (κ3) is 4.19. The molecule has 0 unspecified atom stereocenters. The highest BCUT2D eigenvalue weighted by molar-refractivity contribution is 5.84. The second-order valence-corrected chi connectivity index (χ2v) is 5.84. The van der Waals surface area contributed by atoms with Crippen LogP contribution in [0.25, 0.3) is 0 Å². The number of likely N-dealkylation sites (tertiary alicyclic amines) is 1. The summed E-state index contributed by atoms with van der Waals surface area (Å²) in [5.41, 5.74) is 0. The van der Waals surface area contributed by atoms with Crippen molar-refractivity contribution in [1.82, 2.24) is 10.2 Å². The Bertz CT molecular complexity index is 404. The van der Waals surface area contributed by atoms with Gasteiger partial charge in [0.15, 0.2) is 0 Å². The van der Waals surface area contributed by atoms with Crippen molar-refractivity contribution in [2.75, 3.05) is 20.2 Å². The molecule has 0 aromatic carbocycles. The van der Waals surface area contributed by atoms with Gasteiger partial charge in [-0.2, -0.15) is 0 Å². The highest BCUT2D eigenvalue weighted by Gasteiger charge is 2.34. The van der Waals surface area contributed by atoms with Crippen LogP contribution in [0.4, 0.5) is 0 Å². The van der Waals surface area contributed by atoms with Crippen LogP contribution in [0, 0.1) is 5.92 Å². The molecule has 6 nitrogen and oxygen atoms in total. The van der Waals surface area contributed by atoms with Crippen LogP contribution in [0.5, 0.6) is 0 Å². The average Bonchev–Trinajstić information content (AvgIpc) is 3.01. The van der Waals surface area contributed by atoms with E-state index >= 15 is 0 Å². The fraction of sp³-hybridized carbons (Fsp3) is 0.800. The number of methoxy groups -OCH3 is 1. The highest BCUT2D eigenvalue weighted by atomic mass is 16.5. The molecule has 1 atom stereocenters. The predicted molar refractivity (Wildman–Crippen MR) is 76.3 cm³/mol. The van der Waals surface area contributed by atoms with Crippen molar-refractivity contribution < 1.29 is 19.1 Å². The van der Waals surface area contributed by atoms with Gasteiger partial charge in [0.1, 0.15) is 0 Å². The molecule has 1 aliphatic heterocycles. The summed E-state index contributed by atoms with van der Waals surface area (Å²) in [5.74, 6) is -0.363. The van der Waals surface area contributed by atoms with E-state index in [-0.39, 0.29) is 30.1 Å². The molecule has 0 aromatic rings. The molecule has 1 N–H and O–H groups in total. The van der Waals surface area contributed by atoms with Crippen LogP contribution in [0.2, 0.25) is 0 Å². The molecule has 1 saturated carbocycles. The minimum absolute atomic E-state index is 0.0607. The van der Waals surface area contributed by atoms with Gasteiger partial charge in [0.25, 0.3) is 0 Å². The van der Waals surface area contributed by atoms with Crippen LogP contribution in [-0.2, 0) is 19.1 Å². The average molecular weight is 296 g/mol. The molecule has 0 radical (unpaired) electrons. The van der Waals surface area contributed by atoms with Crippen LogP contribution in [-0.4, -0.2) is 48.9 Å². The molecule has 1 saturated heterocycles. The lowest BCUT2D eigenvalue weighted by Gasteiger charge is -2.36. The molecule has 2 aliphatic rings. The number of hydrogen-bond acceptors (Lipinski definition) is 4. The Morgan fingerprint density at radius 2 is 2.00 bits per heavy atom. The van der Waals surface area contributed by atoms with Gasteiger partial charge in [0.05, 0.1) is 19.4 Å². The number of piperidine rings is 1. The first-order valence-corrected chi connectivity index (χ1v) is 7.76. The number of amides is 2. The molecule has 6 heteroatoms. The Hall–Kier alpha value is -1.59. The largest absolute Gasteiger partial charge is 0.469 e. The Morgan fingerprint density at radius 1 is 1.29 bits per heavy atom. The van der Waals surface area contributed by atoms with E-state index < -0.39 is 0 Å². The van der Waals surface area contributed by atoms with Gasteiger partial charge in [-0.05, 0) is 19.3 Å². The van der Waals surface area contributed by atoms with Crippen LogP contribution in [0.1, 0.15) is 44.9 Å². The van der Waals surface area contributed by atoms with Gasteiger partial charge in [0, 0.05) is 25.6 Å². The van der Waals surface area contributed by atoms with Crippen LogP contribution >= 0.6 is 0 Å². The zero-order chi connectivity index (χ0) is 15.2. The van der Waals surface area contributed by atoms with Gasteiger partial charge in [-0.1, -0.05) is 12.8 Å². The molecule has 0 bridgehead atoms. The summed E-state index contributed by atoms with van der Waals surface area (Å²) >= 11 is 0. The number of ether oxygens (including phenoxy) is 1. The lowest BCUT2D eigenvalue weighted by atomic mass is 9.95. The molecule has 118 valence electrons. The van der Waals surface area contributed by atoms with Gasteiger partial charge in [-0.3, -0.25) is 14.4 Å². The maximum atomic E-state index is 12.1. The monoisotopic (exact) mass is 296 g/mol. The quantitative estimate of drug-likeness (QED) is 0.763. The first kappa shape index (κ1) is 15.8. The molecule has 2 fully saturated rings. The third-order valence-corrected chi connectivity index (χ3v) is 4.44. The van der Waals surface area contributed by atoms with E-state index in [2.05, 4.69) is 10.1 Å². The van der Waals surface area contributed by atoms with E-state index in [4.69, 9.17) is 0 Å². The molecular weight excluding hydrogens is 272 g/mol. The molecule has 2 amide bonds. The molecule has 0 spiro atoms. The van der Waals surface area contributed by atoms with Crippen LogP contribution in [0.15, 0.2) is 0 Å². The van der Waals surface area contributed by atoms with Crippen molar-refractivity contribution in [1.29, 1.82) is 0 Å². The van der Waals surface area contributed by atoms with Gasteiger partial charge in [-0.25, -0.2) is 0 Å². The zero-order valence-corrected chi connectivity index (χ0v) is 12.6. The number of esters is 1. The Balaban J connectivity index is 1.81. The predicted octanol–water partition coefficient (Wildman–Crippen LogP) is 0.847. The summed E-state index contributed by atoms with van der Waals surface area (Å²) in [7, 11) is 1.33. The lowest BCUT2D eigenvalue weighted by Crippen LogP contribution is -2.49. The van der Waals surface area contributed by atoms with Gasteiger partial charge in [0.2, 0.25) is 11.8 Å². The summed E-state index contributed by atoms with van der Waals surface area (Å²) in [4.78, 5) is 37.1. The Kier molecular flexibility index (Phi) is 5.59. The maximum absolute atomic E-state index is 12.1. The summed E-state index contributed by atoms with van der Waals surface area (Å²) in [6, 6.07) is 0.322. The number of nitrogens with zero attached hydrogens (tertiary/aromatic N) is 1. The van der Waals surface area contributed by atoms with Gasteiger partial charge >= 0.3 is 5.97 Å². The summed E-state index contributed by atoms with van der Waals surface area (Å²) in [6.07, 6.45) is 5.69. The van der Waals surface area contributed by atoms with Gasteiger partial charge < -0.3 is 15.0 Å². The number of carbonyl (C=O) groups excluding carboxylic acids is 3. The van der Waals surface area contributed by atoms with Crippen molar-refractivity contribution in [2.24, 2.45) is 5.92 Å². The molecule has 0 aromatic heterocycles. The number of carbonyl (C=O) groups is 3. The molecular formula is C15H24N2O4. The van der Waals surface area contributed by atoms with Crippen molar-refractivity contribution in [3.05, 3.63) is 0 Å². The van der Waals surface area contributed by atoms with Crippen LogP contribution < -0.4 is 5.32 Å². The van der Waals surface area contributed by atoms with Gasteiger partial charge in [-0.15, -0.1) is 0 Å². The number of hydrogen-bond donors (Lipinski definition) is 1. The van der Waals surface area contributed by atoms with E-state index in [1.54, 1.807) is 0 Å². The second kappa shape index (κ2) is 7.43. The van der Waals surface area contributed by atoms with E-state index in [1.165, 1.54) is 20.0 Å². The van der Waals surface area contributed by atoms with E-state index in [0.717, 1.165) is 12.8 Å². The van der Waals surface area contributed by atoms with E-state index in [0.29, 0.717) is 32.0 Å². The molecule has 1 aliphatic carbocycles. The number of rotatable bonds is 5. The maximum Gasteiger partial charge on any atom is 0.307 e. The van der Waals surface area contributed by atoms with Crippen molar-refractivity contribution in [3.63, 3.8) is 0 Å².